The van der Waals surface area contributed by atoms with E-state index in [0.29, 0.717) is 30.2 Å². The van der Waals surface area contributed by atoms with Crippen LogP contribution in [-0.4, -0.2) is 49.1 Å². The number of rotatable bonds is 5. The highest BCUT2D eigenvalue weighted by atomic mass is 35.5. The monoisotopic (exact) mass is 338 g/mol. The number of halogens is 1. The lowest BCUT2D eigenvalue weighted by atomic mass is 10.1. The molecular weight excluding hydrogens is 316 g/mol. The van der Waals surface area contributed by atoms with Crippen LogP contribution in [0.15, 0.2) is 18.2 Å². The maximum absolute atomic E-state index is 12.5. The van der Waals surface area contributed by atoms with Gasteiger partial charge in [0.05, 0.1) is 5.56 Å². The molecule has 1 heterocycles. The smallest absolute Gasteiger partial charge is 0.317 e. The number of carbonyl (C=O) groups is 2. The lowest BCUT2D eigenvalue weighted by Crippen LogP contribution is -2.42. The summed E-state index contributed by atoms with van der Waals surface area (Å²) in [6.45, 7) is 6.34. The zero-order valence-electron chi connectivity index (χ0n) is 13.5. The average Bonchev–Trinajstić information content (AvgIpc) is 2.98. The average molecular weight is 339 g/mol. The minimum Gasteiger partial charge on any atom is -0.385 e. The quantitative estimate of drug-likeness (QED) is 0.771. The Hall–Kier alpha value is -1.95. The van der Waals surface area contributed by atoms with Gasteiger partial charge in [0, 0.05) is 42.9 Å². The van der Waals surface area contributed by atoms with Crippen molar-refractivity contribution in [2.75, 3.05) is 31.5 Å². The van der Waals surface area contributed by atoms with Crippen molar-refractivity contribution in [2.24, 2.45) is 0 Å². The number of nitrogens with zero attached hydrogens (tertiary/aromatic N) is 1. The highest BCUT2D eigenvalue weighted by Crippen LogP contribution is 2.21. The second-order valence-corrected chi connectivity index (χ2v) is 5.90. The van der Waals surface area contributed by atoms with E-state index in [0.717, 1.165) is 18.7 Å². The molecule has 0 aromatic heterocycles. The molecule has 1 saturated heterocycles. The summed E-state index contributed by atoms with van der Waals surface area (Å²) < 4.78 is 0. The molecule has 0 bridgehead atoms. The third-order valence-corrected chi connectivity index (χ3v) is 3.97. The van der Waals surface area contributed by atoms with Crippen molar-refractivity contribution < 1.29 is 9.59 Å². The van der Waals surface area contributed by atoms with Gasteiger partial charge in [0.2, 0.25) is 0 Å². The maximum Gasteiger partial charge on any atom is 0.317 e. The number of hydrogen-bond donors (Lipinski definition) is 3. The molecule has 0 unspecified atom stereocenters. The van der Waals surface area contributed by atoms with E-state index in [1.54, 1.807) is 23.1 Å². The molecule has 2 rings (SSSR count). The summed E-state index contributed by atoms with van der Waals surface area (Å²) in [7, 11) is 0. The largest absolute Gasteiger partial charge is 0.385 e. The number of nitrogens with one attached hydrogen (secondary N) is 3. The van der Waals surface area contributed by atoms with Crippen LogP contribution in [0.4, 0.5) is 10.5 Å². The molecule has 1 aliphatic rings. The normalized spacial score (nSPS) is 17.0. The Bertz CT molecular complexity index is 579. The van der Waals surface area contributed by atoms with E-state index in [1.165, 1.54) is 0 Å². The summed E-state index contributed by atoms with van der Waals surface area (Å²) in [5.74, 6) is -0.175. The van der Waals surface area contributed by atoms with E-state index in [9.17, 15) is 9.59 Å². The lowest BCUT2D eigenvalue weighted by Gasteiger charge is -2.18. The van der Waals surface area contributed by atoms with Crippen LogP contribution < -0.4 is 16.0 Å². The number of amides is 3. The predicted molar refractivity (Wildman–Crippen MR) is 92.1 cm³/mol. The van der Waals surface area contributed by atoms with Gasteiger partial charge in [-0.05, 0) is 38.5 Å². The second-order valence-electron chi connectivity index (χ2n) is 5.46. The standard InChI is InChI=1S/C16H23ClN4O2/c1-3-18-14-6-5-11(17)9-13(14)15(22)20-12-7-8-21(10-12)16(23)19-4-2/h5-6,9,12,18H,3-4,7-8,10H2,1-2H3,(H,19,23)(H,20,22)/t12-/m1/s1. The zero-order chi connectivity index (χ0) is 16.8. The molecule has 0 spiro atoms. The van der Waals surface area contributed by atoms with Crippen LogP contribution in [0.3, 0.4) is 0 Å². The van der Waals surface area contributed by atoms with Crippen molar-refractivity contribution in [1.29, 1.82) is 0 Å². The summed E-state index contributed by atoms with van der Waals surface area (Å²) in [6, 6.07) is 5.09. The molecule has 1 aliphatic heterocycles. The van der Waals surface area contributed by atoms with Crippen LogP contribution in [0.5, 0.6) is 0 Å². The van der Waals surface area contributed by atoms with Crippen LogP contribution in [0.2, 0.25) is 5.02 Å². The summed E-state index contributed by atoms with van der Waals surface area (Å²) >= 11 is 6.01. The minimum absolute atomic E-state index is 0.0430. The third kappa shape index (κ3) is 4.51. The molecule has 7 heteroatoms. The Morgan fingerprint density at radius 1 is 1.30 bits per heavy atom. The molecule has 1 aromatic carbocycles. The Morgan fingerprint density at radius 3 is 2.78 bits per heavy atom. The van der Waals surface area contributed by atoms with Gasteiger partial charge < -0.3 is 20.9 Å². The molecule has 23 heavy (non-hydrogen) atoms. The minimum atomic E-state index is -0.175. The summed E-state index contributed by atoms with van der Waals surface area (Å²) in [4.78, 5) is 26.0. The fourth-order valence-corrected chi connectivity index (χ4v) is 2.81. The topological polar surface area (TPSA) is 73.5 Å². The molecule has 3 amide bonds. The van der Waals surface area contributed by atoms with Crippen molar-refractivity contribution >= 4 is 29.2 Å². The molecule has 0 aliphatic carbocycles. The van der Waals surface area contributed by atoms with E-state index in [1.807, 2.05) is 13.8 Å². The van der Waals surface area contributed by atoms with Gasteiger partial charge in [0.15, 0.2) is 0 Å². The Balaban J connectivity index is 2.00. The first-order chi connectivity index (χ1) is 11.0. The number of benzene rings is 1. The molecule has 126 valence electrons. The van der Waals surface area contributed by atoms with Crippen molar-refractivity contribution in [1.82, 2.24) is 15.5 Å². The van der Waals surface area contributed by atoms with Crippen LogP contribution in [0, 0.1) is 0 Å². The Kier molecular flexibility index (Phi) is 6.10. The van der Waals surface area contributed by atoms with Crippen molar-refractivity contribution in [2.45, 2.75) is 26.3 Å². The van der Waals surface area contributed by atoms with E-state index in [2.05, 4.69) is 16.0 Å². The Morgan fingerprint density at radius 2 is 2.09 bits per heavy atom. The highest BCUT2D eigenvalue weighted by Gasteiger charge is 2.27. The molecule has 1 atom stereocenters. The van der Waals surface area contributed by atoms with Crippen molar-refractivity contribution in [3.63, 3.8) is 0 Å². The number of likely N-dealkylation sites (tertiary alicyclic amines) is 1. The maximum atomic E-state index is 12.5. The van der Waals surface area contributed by atoms with E-state index in [-0.39, 0.29) is 18.0 Å². The number of urea groups is 1. The molecular formula is C16H23ClN4O2. The fraction of sp³-hybridized carbons (Fsp3) is 0.500. The van der Waals surface area contributed by atoms with Crippen molar-refractivity contribution in [3.8, 4) is 0 Å². The van der Waals surface area contributed by atoms with Crippen LogP contribution in [0.1, 0.15) is 30.6 Å². The van der Waals surface area contributed by atoms with Gasteiger partial charge in [-0.2, -0.15) is 0 Å². The van der Waals surface area contributed by atoms with E-state index in [4.69, 9.17) is 11.6 Å². The van der Waals surface area contributed by atoms with Crippen molar-refractivity contribution in [3.05, 3.63) is 28.8 Å². The molecule has 0 saturated carbocycles. The van der Waals surface area contributed by atoms with Crippen LogP contribution in [0.25, 0.3) is 0 Å². The Labute approximate surface area is 141 Å². The SMILES string of the molecule is CCNC(=O)N1CC[C@@H](NC(=O)c2cc(Cl)ccc2NCC)C1. The van der Waals surface area contributed by atoms with Gasteiger partial charge in [0.1, 0.15) is 0 Å². The van der Waals surface area contributed by atoms with Gasteiger partial charge in [-0.1, -0.05) is 11.6 Å². The van der Waals surface area contributed by atoms with Crippen LogP contribution >= 0.6 is 11.6 Å². The van der Waals surface area contributed by atoms with Gasteiger partial charge in [-0.15, -0.1) is 0 Å². The summed E-state index contributed by atoms with van der Waals surface area (Å²) in [6.07, 6.45) is 0.750. The number of hydrogen-bond acceptors (Lipinski definition) is 3. The summed E-state index contributed by atoms with van der Waals surface area (Å²) in [5, 5.41) is 9.44. The van der Waals surface area contributed by atoms with E-state index >= 15 is 0 Å². The first-order valence-electron chi connectivity index (χ1n) is 7.92. The van der Waals surface area contributed by atoms with Crippen LogP contribution in [-0.2, 0) is 0 Å². The molecule has 1 fully saturated rings. The second kappa shape index (κ2) is 8.06. The first-order valence-corrected chi connectivity index (χ1v) is 8.30. The summed E-state index contributed by atoms with van der Waals surface area (Å²) in [5.41, 5.74) is 1.28. The fourth-order valence-electron chi connectivity index (χ4n) is 2.64. The molecule has 1 aromatic rings. The molecule has 0 radical (unpaired) electrons. The lowest BCUT2D eigenvalue weighted by molar-refractivity contribution is 0.0938. The number of carbonyl (C=O) groups excluding carboxylic acids is 2. The third-order valence-electron chi connectivity index (χ3n) is 3.73. The van der Waals surface area contributed by atoms with Gasteiger partial charge in [0.25, 0.3) is 5.91 Å². The number of anilines is 1. The van der Waals surface area contributed by atoms with Gasteiger partial charge in [-0.3, -0.25) is 4.79 Å². The predicted octanol–water partition coefficient (Wildman–Crippen LogP) is 2.31. The zero-order valence-corrected chi connectivity index (χ0v) is 14.2. The first kappa shape index (κ1) is 17.4. The molecule has 3 N–H and O–H groups in total. The van der Waals surface area contributed by atoms with E-state index < -0.39 is 0 Å². The molecule has 6 nitrogen and oxygen atoms in total. The van der Waals surface area contributed by atoms with Gasteiger partial charge in [-0.25, -0.2) is 4.79 Å². The van der Waals surface area contributed by atoms with Gasteiger partial charge >= 0.3 is 6.03 Å². The highest BCUT2D eigenvalue weighted by molar-refractivity contribution is 6.31.